The molecule has 0 saturated heterocycles. The number of nitrogens with zero attached hydrogens (tertiary/aromatic N) is 2. The fourth-order valence-corrected chi connectivity index (χ4v) is 1.87. The molecule has 0 bridgehead atoms. The van der Waals surface area contributed by atoms with E-state index in [2.05, 4.69) is 9.97 Å². The molecule has 0 saturated carbocycles. The zero-order chi connectivity index (χ0) is 13.0. The molecule has 0 radical (unpaired) electrons. The Morgan fingerprint density at radius 3 is 2.78 bits per heavy atom. The Morgan fingerprint density at radius 1 is 1.33 bits per heavy atom. The summed E-state index contributed by atoms with van der Waals surface area (Å²) in [6.07, 6.45) is 2.69. The molecule has 0 atom stereocenters. The number of ketones is 1. The average Bonchev–Trinajstić information content (AvgIpc) is 2.90. The van der Waals surface area contributed by atoms with E-state index in [1.807, 2.05) is 0 Å². The molecule has 2 N–H and O–H groups in total. The van der Waals surface area contributed by atoms with Crippen molar-refractivity contribution in [1.29, 1.82) is 0 Å². The van der Waals surface area contributed by atoms with Gasteiger partial charge >= 0.3 is 5.97 Å². The number of ether oxygens (including phenoxy) is 1. The molecule has 18 heavy (non-hydrogen) atoms. The Kier molecular flexibility index (Phi) is 3.63. The van der Waals surface area contributed by atoms with Gasteiger partial charge in [-0.05, 0) is 11.4 Å². The highest BCUT2D eigenvalue weighted by molar-refractivity contribution is 7.12. The molecule has 2 aromatic rings. The lowest BCUT2D eigenvalue weighted by molar-refractivity contribution is 0.0470. The number of nitrogens with two attached hydrogens (primary N) is 1. The summed E-state index contributed by atoms with van der Waals surface area (Å²) in [5, 5.41) is 1.77. The zero-order valence-corrected chi connectivity index (χ0v) is 10.0. The average molecular weight is 263 g/mol. The van der Waals surface area contributed by atoms with Crippen molar-refractivity contribution >= 4 is 28.9 Å². The van der Waals surface area contributed by atoms with Gasteiger partial charge in [0.2, 0.25) is 5.78 Å². The number of carbonyl (C=O) groups excluding carboxylic acids is 2. The first-order valence-electron chi connectivity index (χ1n) is 4.99. The van der Waals surface area contributed by atoms with Crippen LogP contribution in [0.15, 0.2) is 29.9 Å². The molecule has 7 heteroatoms. The molecule has 0 fully saturated rings. The number of esters is 1. The van der Waals surface area contributed by atoms with Crippen LogP contribution in [0.3, 0.4) is 0 Å². The zero-order valence-electron chi connectivity index (χ0n) is 9.20. The Bertz CT molecular complexity index is 569. The SMILES string of the molecule is Nc1nccnc1C(=O)OCC(=O)c1cccs1. The van der Waals surface area contributed by atoms with Gasteiger partial charge in [-0.3, -0.25) is 4.79 Å². The predicted molar refractivity (Wildman–Crippen MR) is 65.4 cm³/mol. The van der Waals surface area contributed by atoms with Crippen molar-refractivity contribution in [2.24, 2.45) is 0 Å². The molecular formula is C11H9N3O3S. The molecular weight excluding hydrogens is 254 g/mol. The Balaban J connectivity index is 1.97. The van der Waals surface area contributed by atoms with Gasteiger partial charge in [0.05, 0.1) is 4.88 Å². The summed E-state index contributed by atoms with van der Waals surface area (Å²) < 4.78 is 4.83. The summed E-state index contributed by atoms with van der Waals surface area (Å²) in [5.41, 5.74) is 5.38. The summed E-state index contributed by atoms with van der Waals surface area (Å²) in [6.45, 7) is -0.338. The third-order valence-corrected chi connectivity index (χ3v) is 2.96. The topological polar surface area (TPSA) is 95.2 Å². The number of anilines is 1. The molecule has 0 aliphatic carbocycles. The van der Waals surface area contributed by atoms with Gasteiger partial charge in [-0.2, -0.15) is 0 Å². The van der Waals surface area contributed by atoms with E-state index >= 15 is 0 Å². The van der Waals surface area contributed by atoms with Crippen LogP contribution in [0.25, 0.3) is 0 Å². The summed E-state index contributed by atoms with van der Waals surface area (Å²) in [5.74, 6) is -1.04. The molecule has 92 valence electrons. The summed E-state index contributed by atoms with van der Waals surface area (Å²) >= 11 is 1.29. The van der Waals surface area contributed by atoms with E-state index in [1.165, 1.54) is 23.7 Å². The number of carbonyl (C=O) groups is 2. The van der Waals surface area contributed by atoms with Gasteiger partial charge in [-0.15, -0.1) is 11.3 Å². The van der Waals surface area contributed by atoms with Crippen molar-refractivity contribution in [3.63, 3.8) is 0 Å². The van der Waals surface area contributed by atoms with E-state index in [0.29, 0.717) is 4.88 Å². The molecule has 0 aromatic carbocycles. The quantitative estimate of drug-likeness (QED) is 0.657. The molecule has 0 aliphatic rings. The van der Waals surface area contributed by atoms with Crippen molar-refractivity contribution < 1.29 is 14.3 Å². The molecule has 0 aliphatic heterocycles. The van der Waals surface area contributed by atoms with Crippen LogP contribution in [0.4, 0.5) is 5.82 Å². The van der Waals surface area contributed by atoms with Crippen LogP contribution < -0.4 is 5.73 Å². The van der Waals surface area contributed by atoms with Gasteiger partial charge in [-0.1, -0.05) is 6.07 Å². The maximum atomic E-state index is 11.6. The summed E-state index contributed by atoms with van der Waals surface area (Å²) in [4.78, 5) is 31.2. The fourth-order valence-electron chi connectivity index (χ4n) is 1.21. The lowest BCUT2D eigenvalue weighted by Crippen LogP contribution is -2.16. The van der Waals surface area contributed by atoms with Crippen LogP contribution in [0.1, 0.15) is 20.2 Å². The van der Waals surface area contributed by atoms with Crippen molar-refractivity contribution in [3.8, 4) is 0 Å². The fraction of sp³-hybridized carbons (Fsp3) is 0.0909. The normalized spacial score (nSPS) is 10.0. The number of aromatic nitrogens is 2. The third kappa shape index (κ3) is 2.69. The second-order valence-electron chi connectivity index (χ2n) is 3.27. The summed E-state index contributed by atoms with van der Waals surface area (Å²) in [6, 6.07) is 3.41. The number of rotatable bonds is 4. The minimum Gasteiger partial charge on any atom is -0.452 e. The molecule has 2 heterocycles. The van der Waals surface area contributed by atoms with Gasteiger partial charge in [0.1, 0.15) is 0 Å². The second-order valence-corrected chi connectivity index (χ2v) is 4.21. The highest BCUT2D eigenvalue weighted by Gasteiger charge is 2.16. The van der Waals surface area contributed by atoms with Crippen LogP contribution in [-0.2, 0) is 4.74 Å². The predicted octanol–water partition coefficient (Wildman–Crippen LogP) is 1.16. The van der Waals surface area contributed by atoms with E-state index in [1.54, 1.807) is 17.5 Å². The highest BCUT2D eigenvalue weighted by Crippen LogP contribution is 2.10. The van der Waals surface area contributed by atoms with Crippen molar-refractivity contribution in [3.05, 3.63) is 40.5 Å². The molecule has 0 unspecified atom stereocenters. The first-order valence-corrected chi connectivity index (χ1v) is 5.87. The molecule has 2 rings (SSSR count). The molecule has 0 spiro atoms. The van der Waals surface area contributed by atoms with E-state index in [4.69, 9.17) is 10.5 Å². The van der Waals surface area contributed by atoms with E-state index in [-0.39, 0.29) is 23.9 Å². The van der Waals surface area contributed by atoms with E-state index < -0.39 is 5.97 Å². The maximum absolute atomic E-state index is 11.6. The molecule has 6 nitrogen and oxygen atoms in total. The minimum absolute atomic E-state index is 0.0222. The van der Waals surface area contributed by atoms with Crippen molar-refractivity contribution in [2.45, 2.75) is 0 Å². The number of nitrogen functional groups attached to an aromatic ring is 1. The van der Waals surface area contributed by atoms with Crippen LogP contribution in [0, 0.1) is 0 Å². The highest BCUT2D eigenvalue weighted by atomic mass is 32.1. The van der Waals surface area contributed by atoms with Gasteiger partial charge < -0.3 is 10.5 Å². The number of hydrogen-bond acceptors (Lipinski definition) is 7. The number of thiophene rings is 1. The standard InChI is InChI=1S/C11H9N3O3S/c12-10-9(13-3-4-14-10)11(16)17-6-7(15)8-2-1-5-18-8/h1-5H,6H2,(H2,12,14). The lowest BCUT2D eigenvalue weighted by atomic mass is 10.3. The largest absolute Gasteiger partial charge is 0.452 e. The first kappa shape index (κ1) is 12.2. The van der Waals surface area contributed by atoms with Crippen molar-refractivity contribution in [1.82, 2.24) is 9.97 Å². The Morgan fingerprint density at radius 2 is 2.11 bits per heavy atom. The van der Waals surface area contributed by atoms with Gasteiger partial charge in [0, 0.05) is 12.4 Å². The maximum Gasteiger partial charge on any atom is 0.361 e. The third-order valence-electron chi connectivity index (χ3n) is 2.05. The monoisotopic (exact) mass is 263 g/mol. The molecule has 0 amide bonds. The minimum atomic E-state index is -0.759. The summed E-state index contributed by atoms with van der Waals surface area (Å²) in [7, 11) is 0. The van der Waals surface area contributed by atoms with Crippen LogP contribution in [0.2, 0.25) is 0 Å². The number of Topliss-reactive ketones (excluding diaryl/α,β-unsaturated/α-hetero) is 1. The van der Waals surface area contributed by atoms with Gasteiger partial charge in [0.15, 0.2) is 18.1 Å². The van der Waals surface area contributed by atoms with Gasteiger partial charge in [-0.25, -0.2) is 14.8 Å². The smallest absolute Gasteiger partial charge is 0.361 e. The van der Waals surface area contributed by atoms with Crippen LogP contribution >= 0.6 is 11.3 Å². The lowest BCUT2D eigenvalue weighted by Gasteiger charge is -2.03. The van der Waals surface area contributed by atoms with E-state index in [0.717, 1.165) is 0 Å². The van der Waals surface area contributed by atoms with Crippen molar-refractivity contribution in [2.75, 3.05) is 12.3 Å². The Hall–Kier alpha value is -2.28. The second kappa shape index (κ2) is 5.37. The van der Waals surface area contributed by atoms with Crippen LogP contribution in [-0.4, -0.2) is 28.3 Å². The van der Waals surface area contributed by atoms with Gasteiger partial charge in [0.25, 0.3) is 0 Å². The first-order chi connectivity index (χ1) is 8.68. The molecule has 2 aromatic heterocycles. The Labute approximate surface area is 106 Å². The van der Waals surface area contributed by atoms with E-state index in [9.17, 15) is 9.59 Å². The van der Waals surface area contributed by atoms with Crippen LogP contribution in [0.5, 0.6) is 0 Å². The number of hydrogen-bond donors (Lipinski definition) is 1.